The third-order valence-electron chi connectivity index (χ3n) is 3.58. The Morgan fingerprint density at radius 3 is 2.40 bits per heavy atom. The Balaban J connectivity index is 1.92. The topological polar surface area (TPSA) is 17.1 Å². The minimum atomic E-state index is 0.215. The Bertz CT molecular complexity index is 617. The van der Waals surface area contributed by atoms with E-state index in [0.717, 1.165) is 11.3 Å². The fourth-order valence-electron chi connectivity index (χ4n) is 2.02. The van der Waals surface area contributed by atoms with Crippen molar-refractivity contribution in [3.63, 3.8) is 0 Å². The second kappa shape index (κ2) is 6.76. The summed E-state index contributed by atoms with van der Waals surface area (Å²) in [5, 5.41) is 0. The lowest BCUT2D eigenvalue weighted by atomic mass is 10.0. The lowest BCUT2D eigenvalue weighted by Crippen LogP contribution is -2.03. The largest absolute Gasteiger partial charge is 0.293 e. The zero-order valence-corrected chi connectivity index (χ0v) is 13.1. The molecule has 0 spiro atoms. The summed E-state index contributed by atoms with van der Waals surface area (Å²) in [6, 6.07) is 14.3. The molecule has 0 atom stereocenters. The fraction of sp³-hybridized carbons (Fsp3) is 0.278. The molecule has 0 saturated heterocycles. The monoisotopic (exact) mass is 284 g/mol. The molecule has 0 amide bonds. The van der Waals surface area contributed by atoms with Crippen LogP contribution in [0, 0.1) is 20.8 Å². The van der Waals surface area contributed by atoms with Gasteiger partial charge in [-0.05, 0) is 49.1 Å². The zero-order chi connectivity index (χ0) is 14.5. The maximum absolute atomic E-state index is 12.2. The van der Waals surface area contributed by atoms with E-state index in [-0.39, 0.29) is 5.78 Å². The van der Waals surface area contributed by atoms with Crippen molar-refractivity contribution in [2.75, 3.05) is 5.75 Å². The second-order valence-corrected chi connectivity index (χ2v) is 6.13. The van der Waals surface area contributed by atoms with Crippen molar-refractivity contribution in [2.24, 2.45) is 0 Å². The molecule has 1 nitrogen and oxygen atoms in total. The van der Waals surface area contributed by atoms with Crippen LogP contribution in [0.25, 0.3) is 0 Å². The molecule has 2 aromatic rings. The Hall–Kier alpha value is -1.54. The van der Waals surface area contributed by atoms with Crippen molar-refractivity contribution in [3.8, 4) is 0 Å². The van der Waals surface area contributed by atoms with Gasteiger partial charge in [-0.1, -0.05) is 36.4 Å². The smallest absolute Gasteiger partial charge is 0.172 e. The third kappa shape index (κ3) is 3.73. The molecular weight excluding hydrogens is 264 g/mol. The first kappa shape index (κ1) is 14.9. The molecule has 0 aliphatic carbocycles. The summed E-state index contributed by atoms with van der Waals surface area (Å²) in [7, 11) is 0. The summed E-state index contributed by atoms with van der Waals surface area (Å²) in [4.78, 5) is 12.2. The molecule has 0 bridgehead atoms. The molecule has 2 rings (SSSR count). The van der Waals surface area contributed by atoms with Crippen LogP contribution >= 0.6 is 11.8 Å². The van der Waals surface area contributed by atoms with Gasteiger partial charge >= 0.3 is 0 Å². The van der Waals surface area contributed by atoms with E-state index >= 15 is 0 Å². The van der Waals surface area contributed by atoms with Crippen molar-refractivity contribution in [1.82, 2.24) is 0 Å². The van der Waals surface area contributed by atoms with Crippen LogP contribution in [0.3, 0.4) is 0 Å². The van der Waals surface area contributed by atoms with E-state index in [0.29, 0.717) is 5.75 Å². The predicted octanol–water partition coefficient (Wildman–Crippen LogP) is 4.73. The SMILES string of the molecule is Cc1ccc(C(=O)CSCc2ccccc2C)cc1C. The summed E-state index contributed by atoms with van der Waals surface area (Å²) in [5.41, 5.74) is 5.84. The van der Waals surface area contributed by atoms with Gasteiger partial charge in [0.2, 0.25) is 0 Å². The van der Waals surface area contributed by atoms with E-state index in [2.05, 4.69) is 26.0 Å². The van der Waals surface area contributed by atoms with Gasteiger partial charge in [-0.3, -0.25) is 4.79 Å². The second-order valence-electron chi connectivity index (χ2n) is 5.14. The Morgan fingerprint density at radius 1 is 0.950 bits per heavy atom. The van der Waals surface area contributed by atoms with E-state index in [9.17, 15) is 4.79 Å². The predicted molar refractivity (Wildman–Crippen MR) is 87.6 cm³/mol. The summed E-state index contributed by atoms with van der Waals surface area (Å²) in [5.74, 6) is 1.65. The highest BCUT2D eigenvalue weighted by molar-refractivity contribution is 7.99. The number of hydrogen-bond donors (Lipinski definition) is 0. The molecule has 0 aliphatic heterocycles. The number of ketones is 1. The zero-order valence-electron chi connectivity index (χ0n) is 12.3. The van der Waals surface area contributed by atoms with Crippen LogP contribution < -0.4 is 0 Å². The quantitative estimate of drug-likeness (QED) is 0.738. The number of thioether (sulfide) groups is 1. The highest BCUT2D eigenvalue weighted by Crippen LogP contribution is 2.18. The van der Waals surface area contributed by atoms with Crippen molar-refractivity contribution in [3.05, 3.63) is 70.3 Å². The van der Waals surface area contributed by atoms with Crippen molar-refractivity contribution < 1.29 is 4.79 Å². The molecule has 20 heavy (non-hydrogen) atoms. The normalized spacial score (nSPS) is 10.6. The summed E-state index contributed by atoms with van der Waals surface area (Å²) in [6.45, 7) is 6.23. The maximum Gasteiger partial charge on any atom is 0.172 e. The Morgan fingerprint density at radius 2 is 1.70 bits per heavy atom. The van der Waals surface area contributed by atoms with Crippen LogP contribution in [-0.2, 0) is 5.75 Å². The maximum atomic E-state index is 12.2. The minimum Gasteiger partial charge on any atom is -0.293 e. The van der Waals surface area contributed by atoms with Gasteiger partial charge in [0, 0.05) is 11.3 Å². The number of hydrogen-bond acceptors (Lipinski definition) is 2. The molecule has 2 heteroatoms. The lowest BCUT2D eigenvalue weighted by Gasteiger charge is -2.06. The van der Waals surface area contributed by atoms with Gasteiger partial charge in [0.15, 0.2) is 5.78 Å². The van der Waals surface area contributed by atoms with Gasteiger partial charge in [0.25, 0.3) is 0 Å². The van der Waals surface area contributed by atoms with Crippen LogP contribution in [-0.4, -0.2) is 11.5 Å². The van der Waals surface area contributed by atoms with Crippen molar-refractivity contribution in [2.45, 2.75) is 26.5 Å². The van der Waals surface area contributed by atoms with Gasteiger partial charge in [0.1, 0.15) is 0 Å². The molecule has 0 fully saturated rings. The Labute approximate surface area is 125 Å². The number of carbonyl (C=O) groups is 1. The molecule has 0 heterocycles. The van der Waals surface area contributed by atoms with E-state index in [1.807, 2.05) is 37.3 Å². The van der Waals surface area contributed by atoms with Gasteiger partial charge in [-0.25, -0.2) is 0 Å². The number of Topliss-reactive ketones (excluding diaryl/α,β-unsaturated/α-hetero) is 1. The summed E-state index contributed by atoms with van der Waals surface area (Å²) >= 11 is 1.68. The van der Waals surface area contributed by atoms with Crippen LogP contribution in [0.15, 0.2) is 42.5 Å². The van der Waals surface area contributed by atoms with Gasteiger partial charge < -0.3 is 0 Å². The highest BCUT2D eigenvalue weighted by atomic mass is 32.2. The molecule has 0 N–H and O–H groups in total. The van der Waals surface area contributed by atoms with E-state index in [4.69, 9.17) is 0 Å². The van der Waals surface area contributed by atoms with Gasteiger partial charge in [0.05, 0.1) is 5.75 Å². The standard InChI is InChI=1S/C18H20OS/c1-13-8-9-16(10-15(13)3)18(19)12-20-11-17-7-5-4-6-14(17)2/h4-10H,11-12H2,1-3H3. The molecular formula is C18H20OS. The first-order valence-electron chi connectivity index (χ1n) is 6.80. The highest BCUT2D eigenvalue weighted by Gasteiger charge is 2.07. The van der Waals surface area contributed by atoms with Crippen LogP contribution in [0.2, 0.25) is 0 Å². The van der Waals surface area contributed by atoms with Crippen LogP contribution in [0.1, 0.15) is 32.6 Å². The molecule has 0 aromatic heterocycles. The minimum absolute atomic E-state index is 0.215. The molecule has 2 aromatic carbocycles. The summed E-state index contributed by atoms with van der Waals surface area (Å²) < 4.78 is 0. The average molecular weight is 284 g/mol. The Kier molecular flexibility index (Phi) is 5.02. The molecule has 0 unspecified atom stereocenters. The number of rotatable bonds is 5. The summed E-state index contributed by atoms with van der Waals surface area (Å²) in [6.07, 6.45) is 0. The first-order chi connectivity index (χ1) is 9.58. The van der Waals surface area contributed by atoms with E-state index in [1.165, 1.54) is 22.3 Å². The molecule has 104 valence electrons. The van der Waals surface area contributed by atoms with Gasteiger partial charge in [-0.15, -0.1) is 11.8 Å². The van der Waals surface area contributed by atoms with E-state index in [1.54, 1.807) is 11.8 Å². The third-order valence-corrected chi connectivity index (χ3v) is 4.56. The molecule has 0 aliphatic rings. The lowest BCUT2D eigenvalue weighted by molar-refractivity contribution is 0.102. The number of benzene rings is 2. The van der Waals surface area contributed by atoms with Gasteiger partial charge in [-0.2, -0.15) is 0 Å². The number of carbonyl (C=O) groups excluding carboxylic acids is 1. The fourth-order valence-corrected chi connectivity index (χ4v) is 3.02. The molecule has 0 radical (unpaired) electrons. The van der Waals surface area contributed by atoms with E-state index < -0.39 is 0 Å². The first-order valence-corrected chi connectivity index (χ1v) is 7.96. The molecule has 0 saturated carbocycles. The average Bonchev–Trinajstić information content (AvgIpc) is 2.44. The van der Waals surface area contributed by atoms with Crippen molar-refractivity contribution in [1.29, 1.82) is 0 Å². The van der Waals surface area contributed by atoms with Crippen LogP contribution in [0.5, 0.6) is 0 Å². The number of aryl methyl sites for hydroxylation is 3. The van der Waals surface area contributed by atoms with Crippen molar-refractivity contribution >= 4 is 17.5 Å². The van der Waals surface area contributed by atoms with Crippen LogP contribution in [0.4, 0.5) is 0 Å².